The Labute approximate surface area is 255 Å². The molecule has 2 amide bonds. The summed E-state index contributed by atoms with van der Waals surface area (Å²) in [5, 5.41) is 0. The van der Waals surface area contributed by atoms with E-state index in [0.29, 0.717) is 58.5 Å². The smallest absolute Gasteiger partial charge is 0.307 e. The molecule has 0 spiro atoms. The van der Waals surface area contributed by atoms with Gasteiger partial charge < -0.3 is 19.3 Å². The largest absolute Gasteiger partial charge is 0.462 e. The van der Waals surface area contributed by atoms with Crippen LogP contribution in [0.15, 0.2) is 48.6 Å². The highest BCUT2D eigenvalue weighted by molar-refractivity contribution is 5.94. The van der Waals surface area contributed by atoms with Crippen LogP contribution < -0.4 is 0 Å². The second-order valence-corrected chi connectivity index (χ2v) is 14.0. The average molecular weight is 591 g/mol. The molecule has 8 nitrogen and oxygen atoms in total. The lowest BCUT2D eigenvalue weighted by Gasteiger charge is -2.33. The fourth-order valence-electron chi connectivity index (χ4n) is 9.37. The van der Waals surface area contributed by atoms with Gasteiger partial charge in [-0.2, -0.15) is 0 Å². The summed E-state index contributed by atoms with van der Waals surface area (Å²) in [7, 11) is 0. The Balaban J connectivity index is 1.03. The molecule has 0 N–H and O–H groups in total. The molecule has 0 saturated heterocycles. The number of amides is 2. The van der Waals surface area contributed by atoms with Crippen molar-refractivity contribution in [2.75, 3.05) is 19.8 Å². The maximum absolute atomic E-state index is 13.1. The third kappa shape index (κ3) is 5.86. The number of hydrogen-bond acceptors (Lipinski definition) is 6. The van der Waals surface area contributed by atoms with Gasteiger partial charge in [0, 0.05) is 36.1 Å². The zero-order chi connectivity index (χ0) is 30.4. The molecule has 6 aliphatic rings. The molecule has 6 rings (SSSR count). The third-order valence-electron chi connectivity index (χ3n) is 11.3. The molecule has 43 heavy (non-hydrogen) atoms. The lowest BCUT2D eigenvalue weighted by molar-refractivity contribution is -0.153. The van der Waals surface area contributed by atoms with Crippen molar-refractivity contribution in [2.24, 2.45) is 47.3 Å². The van der Waals surface area contributed by atoms with Crippen molar-refractivity contribution in [1.82, 2.24) is 9.80 Å². The summed E-state index contributed by atoms with van der Waals surface area (Å²) in [5.41, 5.74) is 0.608. The van der Waals surface area contributed by atoms with Gasteiger partial charge >= 0.3 is 11.9 Å². The summed E-state index contributed by atoms with van der Waals surface area (Å²) in [4.78, 5) is 54.9. The van der Waals surface area contributed by atoms with Gasteiger partial charge in [-0.05, 0) is 87.9 Å². The normalized spacial score (nSPS) is 35.5. The number of esters is 2. The monoisotopic (exact) mass is 590 g/mol. The molecule has 232 valence electrons. The predicted molar refractivity (Wildman–Crippen MR) is 161 cm³/mol. The van der Waals surface area contributed by atoms with Gasteiger partial charge in [0.1, 0.15) is 12.2 Å². The molecule has 4 saturated carbocycles. The number of rotatable bonds is 12. The Hall–Kier alpha value is -3.16. The van der Waals surface area contributed by atoms with Crippen molar-refractivity contribution in [2.45, 2.75) is 77.4 Å². The second-order valence-electron chi connectivity index (χ2n) is 14.0. The van der Waals surface area contributed by atoms with E-state index in [4.69, 9.17) is 9.47 Å². The summed E-state index contributed by atoms with van der Waals surface area (Å²) in [5.74, 6) is 3.13. The van der Waals surface area contributed by atoms with Crippen molar-refractivity contribution < 1.29 is 28.7 Å². The fraction of sp³-hybridized carbons (Fsp3) is 0.657. The van der Waals surface area contributed by atoms with E-state index in [0.717, 1.165) is 38.5 Å². The fourth-order valence-corrected chi connectivity index (χ4v) is 9.37. The maximum atomic E-state index is 13.1. The van der Waals surface area contributed by atoms with E-state index in [9.17, 15) is 19.2 Å². The molecule has 6 aliphatic carbocycles. The number of fused-ring (bicyclic) bond motifs is 10. The number of hydrogen-bond donors (Lipinski definition) is 0. The van der Waals surface area contributed by atoms with E-state index >= 15 is 0 Å². The second kappa shape index (κ2) is 12.1. The number of nitrogens with zero attached hydrogens (tertiary/aromatic N) is 2. The van der Waals surface area contributed by atoms with Crippen LogP contribution in [0.1, 0.15) is 65.2 Å². The zero-order valence-corrected chi connectivity index (χ0v) is 25.6. The number of carbonyl (C=O) groups excluding carboxylic acids is 4. The minimum absolute atomic E-state index is 0.0226. The third-order valence-corrected chi connectivity index (χ3v) is 11.3. The van der Waals surface area contributed by atoms with Crippen molar-refractivity contribution in [3.63, 3.8) is 0 Å². The molecule has 0 aliphatic heterocycles. The lowest BCUT2D eigenvalue weighted by atomic mass is 9.80. The van der Waals surface area contributed by atoms with E-state index in [1.807, 2.05) is 0 Å². The standard InChI is InChI=1S/C35H46N2O6/c1-20(2)34(40)36(13-11-32(38)42-30-17-22-15-28(30)26-9-5-7-24(22)26)19-37(35(41)21(3)4)14-12-33(39)43-31-18-23-16-29(31)27-10-6-8-25(23)27/h5-6,9-10,22-31H,1,3,7-8,11-19H2,2,4H3. The Bertz CT molecular complexity index is 1160. The minimum atomic E-state index is -0.352. The summed E-state index contributed by atoms with van der Waals surface area (Å²) in [6.45, 7) is 10.9. The Morgan fingerprint density at radius 1 is 0.674 bits per heavy atom. The van der Waals surface area contributed by atoms with Gasteiger partial charge in [0.05, 0.1) is 19.5 Å². The average Bonchev–Trinajstić information content (AvgIpc) is 3.79. The summed E-state index contributed by atoms with van der Waals surface area (Å²) in [6, 6.07) is 0. The first-order chi connectivity index (χ1) is 20.6. The van der Waals surface area contributed by atoms with Crippen LogP contribution in [0.3, 0.4) is 0 Å². The molecule has 4 bridgehead atoms. The Kier molecular flexibility index (Phi) is 8.40. The molecular weight excluding hydrogens is 544 g/mol. The van der Waals surface area contributed by atoms with E-state index in [1.165, 1.54) is 9.80 Å². The highest BCUT2D eigenvalue weighted by Crippen LogP contribution is 2.58. The highest BCUT2D eigenvalue weighted by atomic mass is 16.5. The topological polar surface area (TPSA) is 93.2 Å². The van der Waals surface area contributed by atoms with Gasteiger partial charge in [0.2, 0.25) is 11.8 Å². The predicted octanol–water partition coefficient (Wildman–Crippen LogP) is 4.82. The molecule has 0 heterocycles. The summed E-state index contributed by atoms with van der Waals surface area (Å²) >= 11 is 0. The summed E-state index contributed by atoms with van der Waals surface area (Å²) in [6.07, 6.45) is 15.4. The number of ether oxygens (including phenoxy) is 2. The first-order valence-electron chi connectivity index (χ1n) is 16.2. The van der Waals surface area contributed by atoms with Gasteiger partial charge in [-0.15, -0.1) is 0 Å². The molecule has 4 fully saturated rings. The van der Waals surface area contributed by atoms with Crippen LogP contribution in [0.25, 0.3) is 0 Å². The molecule has 10 unspecified atom stereocenters. The van der Waals surface area contributed by atoms with E-state index < -0.39 is 0 Å². The van der Waals surface area contributed by atoms with Gasteiger partial charge in [0.15, 0.2) is 0 Å². The van der Waals surface area contributed by atoms with Gasteiger partial charge in [0.25, 0.3) is 0 Å². The summed E-state index contributed by atoms with van der Waals surface area (Å²) < 4.78 is 11.9. The van der Waals surface area contributed by atoms with Gasteiger partial charge in [-0.25, -0.2) is 0 Å². The van der Waals surface area contributed by atoms with E-state index in [1.54, 1.807) is 13.8 Å². The molecular formula is C35H46N2O6. The zero-order valence-electron chi connectivity index (χ0n) is 25.6. The first-order valence-corrected chi connectivity index (χ1v) is 16.2. The van der Waals surface area contributed by atoms with Crippen LogP contribution in [0.2, 0.25) is 0 Å². The van der Waals surface area contributed by atoms with Gasteiger partial charge in [-0.1, -0.05) is 37.5 Å². The highest BCUT2D eigenvalue weighted by Gasteiger charge is 2.55. The van der Waals surface area contributed by atoms with Crippen molar-refractivity contribution in [3.05, 3.63) is 48.6 Å². The molecule has 0 aromatic heterocycles. The van der Waals surface area contributed by atoms with Crippen LogP contribution in [0, 0.1) is 47.3 Å². The molecule has 0 aromatic rings. The van der Waals surface area contributed by atoms with E-state index in [-0.39, 0.29) is 68.6 Å². The van der Waals surface area contributed by atoms with Crippen LogP contribution >= 0.6 is 0 Å². The van der Waals surface area contributed by atoms with Gasteiger partial charge in [-0.3, -0.25) is 19.2 Å². The minimum Gasteiger partial charge on any atom is -0.462 e. The van der Waals surface area contributed by atoms with Crippen molar-refractivity contribution in [3.8, 4) is 0 Å². The Morgan fingerprint density at radius 3 is 1.49 bits per heavy atom. The van der Waals surface area contributed by atoms with Crippen molar-refractivity contribution >= 4 is 23.8 Å². The number of carbonyl (C=O) groups is 4. The molecule has 0 aromatic carbocycles. The van der Waals surface area contributed by atoms with E-state index in [2.05, 4.69) is 37.5 Å². The maximum Gasteiger partial charge on any atom is 0.307 e. The quantitative estimate of drug-likeness (QED) is 0.140. The Morgan fingerprint density at radius 2 is 1.09 bits per heavy atom. The molecule has 10 atom stereocenters. The number of allylic oxidation sites excluding steroid dienone is 4. The van der Waals surface area contributed by atoms with Crippen LogP contribution in [-0.2, 0) is 28.7 Å². The van der Waals surface area contributed by atoms with Crippen LogP contribution in [-0.4, -0.2) is 65.5 Å². The van der Waals surface area contributed by atoms with Crippen LogP contribution in [0.4, 0.5) is 0 Å². The van der Waals surface area contributed by atoms with Crippen molar-refractivity contribution in [1.29, 1.82) is 0 Å². The molecule has 0 radical (unpaired) electrons. The lowest BCUT2D eigenvalue weighted by Crippen LogP contribution is -2.46. The van der Waals surface area contributed by atoms with Crippen LogP contribution in [0.5, 0.6) is 0 Å². The molecule has 8 heteroatoms. The SMILES string of the molecule is C=C(C)C(=O)N(CCC(=O)OC1CC2CC1C1C=CCC21)CN(CCC(=O)OC1CC2CC1C1C=CCC21)C(=O)C(=C)C. The first kappa shape index (κ1) is 29.9.